The number of hydrogen-bond acceptors (Lipinski definition) is 5. The molecule has 0 aromatic carbocycles. The molecule has 0 saturated carbocycles. The molecule has 9 heteroatoms. The summed E-state index contributed by atoms with van der Waals surface area (Å²) >= 11 is 0. The molecule has 102 valence electrons. The van der Waals surface area contributed by atoms with Crippen LogP contribution in [-0.2, 0) is 19.2 Å². The highest BCUT2D eigenvalue weighted by Crippen LogP contribution is 2.02. The monoisotopic (exact) mass is 262 g/mol. The zero-order chi connectivity index (χ0) is 14.3. The van der Waals surface area contributed by atoms with Gasteiger partial charge in [-0.3, -0.25) is 24.5 Å². The minimum atomic E-state index is -1.46. The Morgan fingerprint density at radius 2 is 1.50 bits per heavy atom. The number of carboxylic acids is 3. The number of carbonyl (C=O) groups is 4. The first-order valence-electron chi connectivity index (χ1n) is 4.95. The summed E-state index contributed by atoms with van der Waals surface area (Å²) in [6.07, 6.45) is -1.31. The van der Waals surface area contributed by atoms with Gasteiger partial charge >= 0.3 is 17.9 Å². The molecule has 18 heavy (non-hydrogen) atoms. The number of nitrogens with one attached hydrogen (secondary N) is 1. The van der Waals surface area contributed by atoms with E-state index in [1.807, 2.05) is 0 Å². The third-order valence-corrected chi connectivity index (χ3v) is 2.05. The summed E-state index contributed by atoms with van der Waals surface area (Å²) in [5.74, 6) is -4.94. The van der Waals surface area contributed by atoms with Crippen molar-refractivity contribution in [3.63, 3.8) is 0 Å². The highest BCUT2D eigenvalue weighted by Gasteiger charge is 2.27. The smallest absolute Gasteiger partial charge is 0.321 e. The first-order chi connectivity index (χ1) is 8.23. The molecule has 6 N–H and O–H groups in total. The average Bonchev–Trinajstić information content (AvgIpc) is 2.20. The summed E-state index contributed by atoms with van der Waals surface area (Å²) in [6, 6.07) is -2.83. The molecule has 0 rings (SSSR count). The number of carboxylic acid groups (broad SMARTS) is 3. The van der Waals surface area contributed by atoms with Crippen molar-refractivity contribution in [1.82, 2.24) is 5.32 Å². The van der Waals surface area contributed by atoms with E-state index in [0.29, 0.717) is 0 Å². The van der Waals surface area contributed by atoms with Gasteiger partial charge in [-0.25, -0.2) is 0 Å². The summed E-state index contributed by atoms with van der Waals surface area (Å²) in [6.45, 7) is 0. The van der Waals surface area contributed by atoms with E-state index in [-0.39, 0.29) is 6.42 Å². The lowest BCUT2D eigenvalue weighted by Gasteiger charge is -2.18. The average molecular weight is 262 g/mol. The molecule has 0 aromatic rings. The highest BCUT2D eigenvalue weighted by atomic mass is 16.4. The van der Waals surface area contributed by atoms with Gasteiger partial charge in [-0.2, -0.15) is 0 Å². The van der Waals surface area contributed by atoms with Crippen LogP contribution in [0.2, 0.25) is 0 Å². The lowest BCUT2D eigenvalue weighted by Crippen LogP contribution is -2.48. The van der Waals surface area contributed by atoms with E-state index in [1.54, 1.807) is 0 Å². The van der Waals surface area contributed by atoms with E-state index >= 15 is 0 Å². The number of primary amides is 1. The number of amides is 1. The minimum absolute atomic E-state index is 0.298. The fraction of sp³-hybridized carbons (Fsp3) is 0.556. The molecular formula is C9H14N2O7. The largest absolute Gasteiger partial charge is 0.481 e. The first kappa shape index (κ1) is 15.8. The Morgan fingerprint density at radius 3 is 1.83 bits per heavy atom. The Morgan fingerprint density at radius 1 is 1.00 bits per heavy atom. The van der Waals surface area contributed by atoms with Gasteiger partial charge < -0.3 is 21.1 Å². The maximum atomic E-state index is 10.8. The van der Waals surface area contributed by atoms with Gasteiger partial charge in [0.25, 0.3) is 0 Å². The summed E-state index contributed by atoms with van der Waals surface area (Å²) in [5, 5.41) is 28.1. The first-order valence-corrected chi connectivity index (χ1v) is 4.95. The van der Waals surface area contributed by atoms with Crippen molar-refractivity contribution in [3.8, 4) is 0 Å². The van der Waals surface area contributed by atoms with Crippen molar-refractivity contribution < 1.29 is 34.5 Å². The Hall–Kier alpha value is -2.16. The van der Waals surface area contributed by atoms with Crippen LogP contribution in [-0.4, -0.2) is 51.2 Å². The predicted octanol–water partition coefficient (Wildman–Crippen LogP) is -1.78. The van der Waals surface area contributed by atoms with Crippen LogP contribution in [0.5, 0.6) is 0 Å². The maximum absolute atomic E-state index is 10.8. The quantitative estimate of drug-likeness (QED) is 0.325. The summed E-state index contributed by atoms with van der Waals surface area (Å²) < 4.78 is 0. The van der Waals surface area contributed by atoms with Gasteiger partial charge in [0.05, 0.1) is 6.42 Å². The molecule has 0 aromatic heterocycles. The standard InChI is InChI=1S/C9H14N2O7/c10-6(12)3-5(9(17)18)11-4(8(15)16)1-2-7(13)14/h4-5,11H,1-3H2,(H2,10,12)(H,13,14)(H,15,16)(H,17,18)/t4-,5-/m0/s1. The van der Waals surface area contributed by atoms with Gasteiger partial charge in [-0.15, -0.1) is 0 Å². The normalized spacial score (nSPS) is 13.6. The van der Waals surface area contributed by atoms with Gasteiger partial charge in [0.1, 0.15) is 12.1 Å². The molecule has 0 unspecified atom stereocenters. The number of aliphatic carboxylic acids is 3. The summed E-state index contributed by atoms with van der Waals surface area (Å²) in [7, 11) is 0. The van der Waals surface area contributed by atoms with Crippen LogP contribution in [0.3, 0.4) is 0 Å². The van der Waals surface area contributed by atoms with Crippen molar-refractivity contribution in [1.29, 1.82) is 0 Å². The van der Waals surface area contributed by atoms with E-state index in [9.17, 15) is 19.2 Å². The van der Waals surface area contributed by atoms with Crippen LogP contribution in [0.1, 0.15) is 19.3 Å². The second kappa shape index (κ2) is 7.22. The van der Waals surface area contributed by atoms with Crippen molar-refractivity contribution in [2.45, 2.75) is 31.3 Å². The summed E-state index contributed by atoms with van der Waals surface area (Å²) in [5.41, 5.74) is 4.82. The molecule has 1 amide bonds. The van der Waals surface area contributed by atoms with Crippen molar-refractivity contribution >= 4 is 23.8 Å². The van der Waals surface area contributed by atoms with Crippen molar-refractivity contribution in [2.75, 3.05) is 0 Å². The van der Waals surface area contributed by atoms with Crippen LogP contribution in [0.25, 0.3) is 0 Å². The minimum Gasteiger partial charge on any atom is -0.481 e. The fourth-order valence-electron chi connectivity index (χ4n) is 1.21. The zero-order valence-corrected chi connectivity index (χ0v) is 9.33. The number of nitrogens with two attached hydrogens (primary N) is 1. The third-order valence-electron chi connectivity index (χ3n) is 2.05. The van der Waals surface area contributed by atoms with Crippen LogP contribution >= 0.6 is 0 Å². The molecule has 0 aliphatic rings. The molecule has 0 aliphatic carbocycles. The third kappa shape index (κ3) is 6.43. The van der Waals surface area contributed by atoms with E-state index in [4.69, 9.17) is 21.1 Å². The molecule has 0 fully saturated rings. The number of rotatable bonds is 9. The molecule has 9 nitrogen and oxygen atoms in total. The maximum Gasteiger partial charge on any atom is 0.321 e. The Labute approximate surface area is 102 Å². The van der Waals surface area contributed by atoms with Crippen LogP contribution in [0.4, 0.5) is 0 Å². The Bertz CT molecular complexity index is 355. The second-order valence-electron chi connectivity index (χ2n) is 3.55. The van der Waals surface area contributed by atoms with Gasteiger partial charge in [0, 0.05) is 6.42 Å². The topological polar surface area (TPSA) is 167 Å². The van der Waals surface area contributed by atoms with Crippen LogP contribution in [0, 0.1) is 0 Å². The van der Waals surface area contributed by atoms with Crippen molar-refractivity contribution in [3.05, 3.63) is 0 Å². The molecule has 0 spiro atoms. The second-order valence-corrected chi connectivity index (χ2v) is 3.55. The molecule has 0 aliphatic heterocycles. The van der Waals surface area contributed by atoms with Gasteiger partial charge in [0.15, 0.2) is 0 Å². The molecule has 0 bridgehead atoms. The van der Waals surface area contributed by atoms with Crippen LogP contribution < -0.4 is 11.1 Å². The van der Waals surface area contributed by atoms with E-state index in [1.165, 1.54) is 0 Å². The molecular weight excluding hydrogens is 248 g/mol. The van der Waals surface area contributed by atoms with Gasteiger partial charge in [0.2, 0.25) is 5.91 Å². The van der Waals surface area contributed by atoms with Crippen molar-refractivity contribution in [2.24, 2.45) is 5.73 Å². The van der Waals surface area contributed by atoms with Gasteiger partial charge in [-0.1, -0.05) is 0 Å². The molecule has 0 heterocycles. The Balaban J connectivity index is 4.60. The molecule has 0 saturated heterocycles. The number of hydrogen-bond donors (Lipinski definition) is 5. The Kier molecular flexibility index (Phi) is 6.35. The molecule has 2 atom stereocenters. The number of carbonyl (C=O) groups excluding carboxylic acids is 1. The lowest BCUT2D eigenvalue weighted by atomic mass is 10.1. The molecule has 0 radical (unpaired) electrons. The zero-order valence-electron chi connectivity index (χ0n) is 9.33. The van der Waals surface area contributed by atoms with E-state index in [2.05, 4.69) is 5.32 Å². The van der Waals surface area contributed by atoms with E-state index < -0.39 is 48.7 Å². The predicted molar refractivity (Wildman–Crippen MR) is 56.7 cm³/mol. The van der Waals surface area contributed by atoms with Gasteiger partial charge in [-0.05, 0) is 6.42 Å². The van der Waals surface area contributed by atoms with E-state index in [0.717, 1.165) is 0 Å². The summed E-state index contributed by atoms with van der Waals surface area (Å²) in [4.78, 5) is 42.5. The van der Waals surface area contributed by atoms with Crippen LogP contribution in [0.15, 0.2) is 0 Å². The highest BCUT2D eigenvalue weighted by molar-refractivity contribution is 5.84. The lowest BCUT2D eigenvalue weighted by molar-refractivity contribution is -0.144. The fourth-order valence-corrected chi connectivity index (χ4v) is 1.21. The SMILES string of the molecule is NC(=O)C[C@H](N[C@@H](CCC(=O)O)C(=O)O)C(=O)O.